The van der Waals surface area contributed by atoms with Gasteiger partial charge in [0.2, 0.25) is 5.88 Å². The summed E-state index contributed by atoms with van der Waals surface area (Å²) in [7, 11) is 1.53. The third kappa shape index (κ3) is 3.26. The molecule has 0 unspecified atom stereocenters. The van der Waals surface area contributed by atoms with Crippen molar-refractivity contribution in [2.75, 3.05) is 7.11 Å². The van der Waals surface area contributed by atoms with Crippen LogP contribution in [0.5, 0.6) is 5.88 Å². The van der Waals surface area contributed by atoms with Crippen molar-refractivity contribution in [3.8, 4) is 5.88 Å². The Hall–Kier alpha value is -2.61. The predicted molar refractivity (Wildman–Crippen MR) is 81.1 cm³/mol. The highest BCUT2D eigenvalue weighted by atomic mass is 16.5. The molecule has 0 radical (unpaired) electrons. The molecule has 8 nitrogen and oxygen atoms in total. The lowest BCUT2D eigenvalue weighted by atomic mass is 9.75. The first-order chi connectivity index (χ1) is 11.1. The maximum atomic E-state index is 12.3. The van der Waals surface area contributed by atoms with E-state index >= 15 is 0 Å². The number of aromatic nitrogens is 3. The molecule has 0 spiro atoms. The van der Waals surface area contributed by atoms with Gasteiger partial charge in [-0.05, 0) is 24.3 Å². The molecule has 2 heterocycles. The Morgan fingerprint density at radius 3 is 2.78 bits per heavy atom. The average molecular weight is 318 g/mol. The lowest BCUT2D eigenvalue weighted by Crippen LogP contribution is -2.41. The van der Waals surface area contributed by atoms with Gasteiger partial charge in [-0.3, -0.25) is 4.79 Å². The molecule has 1 atom stereocenters. The van der Waals surface area contributed by atoms with Crippen LogP contribution in [0.4, 0.5) is 0 Å². The van der Waals surface area contributed by atoms with Gasteiger partial charge in [-0.2, -0.15) is 0 Å². The zero-order valence-corrected chi connectivity index (χ0v) is 12.6. The molecule has 4 N–H and O–H groups in total. The molecule has 1 aliphatic rings. The fourth-order valence-electron chi connectivity index (χ4n) is 2.75. The number of amides is 1. The van der Waals surface area contributed by atoms with Crippen molar-refractivity contribution in [3.05, 3.63) is 46.3 Å². The normalized spacial score (nSPS) is 21.3. The van der Waals surface area contributed by atoms with E-state index < -0.39 is 5.69 Å². The van der Waals surface area contributed by atoms with Gasteiger partial charge in [0.05, 0.1) is 19.3 Å². The number of aromatic amines is 2. The van der Waals surface area contributed by atoms with Gasteiger partial charge in [0, 0.05) is 18.5 Å². The van der Waals surface area contributed by atoms with E-state index in [9.17, 15) is 14.7 Å². The number of rotatable bonds is 5. The van der Waals surface area contributed by atoms with Crippen molar-refractivity contribution in [3.63, 3.8) is 0 Å². The number of carbonyl (C=O) groups is 1. The van der Waals surface area contributed by atoms with Gasteiger partial charge in [-0.25, -0.2) is 9.78 Å². The van der Waals surface area contributed by atoms with Crippen molar-refractivity contribution in [1.29, 1.82) is 0 Å². The van der Waals surface area contributed by atoms with Crippen LogP contribution in [0, 0.1) is 5.92 Å². The van der Waals surface area contributed by atoms with Crippen LogP contribution in [-0.4, -0.2) is 39.2 Å². The number of pyridine rings is 1. The van der Waals surface area contributed by atoms with Crippen molar-refractivity contribution in [2.24, 2.45) is 5.92 Å². The first kappa shape index (κ1) is 15.3. The number of nitrogens with one attached hydrogen (secondary N) is 3. The Balaban J connectivity index is 1.80. The van der Waals surface area contributed by atoms with E-state index in [4.69, 9.17) is 4.74 Å². The summed E-state index contributed by atoms with van der Waals surface area (Å²) >= 11 is 0. The minimum Gasteiger partial charge on any atom is -0.481 e. The monoisotopic (exact) mass is 318 g/mol. The molecule has 23 heavy (non-hydrogen) atoms. The lowest BCUT2D eigenvalue weighted by molar-refractivity contribution is 0.0234. The van der Waals surface area contributed by atoms with E-state index in [0.29, 0.717) is 18.7 Å². The van der Waals surface area contributed by atoms with Crippen LogP contribution in [0.15, 0.2) is 29.3 Å². The Kier molecular flexibility index (Phi) is 4.16. The number of carbonyl (C=O) groups excluding carboxylic acids is 1. The first-order valence-corrected chi connectivity index (χ1v) is 7.33. The van der Waals surface area contributed by atoms with Crippen LogP contribution in [0.1, 0.15) is 34.9 Å². The van der Waals surface area contributed by atoms with Gasteiger partial charge in [0.15, 0.2) is 0 Å². The number of hydrogen-bond acceptors (Lipinski definition) is 5. The second-order valence-corrected chi connectivity index (χ2v) is 5.63. The third-order valence-electron chi connectivity index (χ3n) is 4.08. The van der Waals surface area contributed by atoms with Crippen LogP contribution in [-0.2, 0) is 0 Å². The number of nitrogens with zero attached hydrogens (tertiary/aromatic N) is 1. The van der Waals surface area contributed by atoms with Crippen molar-refractivity contribution < 1.29 is 14.6 Å². The number of H-pyrrole nitrogens is 2. The quantitative estimate of drug-likeness (QED) is 0.634. The maximum absolute atomic E-state index is 12.3. The predicted octanol–water partition coefficient (Wildman–Crippen LogP) is 0.349. The molecule has 1 fully saturated rings. The van der Waals surface area contributed by atoms with E-state index in [0.717, 1.165) is 5.56 Å². The van der Waals surface area contributed by atoms with E-state index in [1.807, 2.05) is 6.07 Å². The Morgan fingerprint density at radius 2 is 2.26 bits per heavy atom. The molecule has 2 aromatic heterocycles. The summed E-state index contributed by atoms with van der Waals surface area (Å²) in [6, 6.07) is 3.27. The highest BCUT2D eigenvalue weighted by Crippen LogP contribution is 2.38. The number of hydrogen-bond donors (Lipinski definition) is 4. The second kappa shape index (κ2) is 6.25. The van der Waals surface area contributed by atoms with Gasteiger partial charge in [-0.1, -0.05) is 6.07 Å². The summed E-state index contributed by atoms with van der Waals surface area (Å²) in [5.74, 6) is 0.225. The molecule has 1 aliphatic carbocycles. The Labute approximate surface area is 131 Å². The molecule has 0 bridgehead atoms. The van der Waals surface area contributed by atoms with E-state index in [1.54, 1.807) is 12.3 Å². The zero-order chi connectivity index (χ0) is 16.4. The van der Waals surface area contributed by atoms with Crippen LogP contribution in [0.25, 0.3) is 0 Å². The summed E-state index contributed by atoms with van der Waals surface area (Å²) < 4.78 is 5.04. The second-order valence-electron chi connectivity index (χ2n) is 5.63. The molecule has 1 amide bonds. The van der Waals surface area contributed by atoms with E-state index in [-0.39, 0.29) is 29.7 Å². The molecular weight excluding hydrogens is 300 g/mol. The number of imidazole rings is 1. The molecule has 8 heteroatoms. The highest BCUT2D eigenvalue weighted by Gasteiger charge is 2.36. The van der Waals surface area contributed by atoms with Crippen LogP contribution >= 0.6 is 0 Å². The zero-order valence-electron chi connectivity index (χ0n) is 12.6. The fourth-order valence-corrected chi connectivity index (χ4v) is 2.75. The molecule has 0 aliphatic heterocycles. The molecule has 122 valence electrons. The fraction of sp³-hybridized carbons (Fsp3) is 0.400. The maximum Gasteiger partial charge on any atom is 0.323 e. The number of methoxy groups -OCH3 is 1. The Bertz CT molecular complexity index is 730. The minimum atomic E-state index is -0.433. The van der Waals surface area contributed by atoms with Gasteiger partial charge >= 0.3 is 5.69 Å². The van der Waals surface area contributed by atoms with Crippen LogP contribution < -0.4 is 15.7 Å². The molecule has 3 rings (SSSR count). The Morgan fingerprint density at radius 1 is 1.48 bits per heavy atom. The number of aliphatic hydroxyl groups excluding tert-OH is 1. The highest BCUT2D eigenvalue weighted by molar-refractivity contribution is 5.92. The SMILES string of the molecule is COc1ccc([C@@H](NC(=O)c2c[nH]c(=O)[nH]2)C2CC(O)C2)cn1. The molecule has 0 saturated heterocycles. The molecule has 2 aromatic rings. The van der Waals surface area contributed by atoms with Gasteiger partial charge in [-0.15, -0.1) is 0 Å². The minimum absolute atomic E-state index is 0.120. The van der Waals surface area contributed by atoms with Gasteiger partial charge in [0.25, 0.3) is 5.91 Å². The summed E-state index contributed by atoms with van der Waals surface area (Å²) in [4.78, 5) is 32.4. The standard InChI is InChI=1S/C15H18N4O4/c1-23-12-3-2-8(6-16-12)13(9-4-10(20)5-9)19-14(21)11-7-17-15(22)18-11/h2-3,6-7,9-10,13,20H,4-5H2,1H3,(H,19,21)(H2,17,18,22)/t9?,10?,13-/m1/s1. The topological polar surface area (TPSA) is 120 Å². The van der Waals surface area contributed by atoms with Crippen molar-refractivity contribution >= 4 is 5.91 Å². The number of aliphatic hydroxyl groups is 1. The summed E-state index contributed by atoms with van der Waals surface area (Å²) in [6.45, 7) is 0. The van der Waals surface area contributed by atoms with Gasteiger partial charge < -0.3 is 25.1 Å². The third-order valence-corrected chi connectivity index (χ3v) is 4.08. The molecular formula is C15H18N4O4. The van der Waals surface area contributed by atoms with Gasteiger partial charge in [0.1, 0.15) is 5.69 Å². The first-order valence-electron chi connectivity index (χ1n) is 7.33. The largest absolute Gasteiger partial charge is 0.481 e. The van der Waals surface area contributed by atoms with E-state index in [2.05, 4.69) is 20.3 Å². The van der Waals surface area contributed by atoms with Crippen LogP contribution in [0.3, 0.4) is 0 Å². The molecule has 0 aromatic carbocycles. The van der Waals surface area contributed by atoms with Crippen LogP contribution in [0.2, 0.25) is 0 Å². The average Bonchev–Trinajstić information content (AvgIpc) is 2.96. The summed E-state index contributed by atoms with van der Waals surface area (Å²) in [5.41, 5.74) is 0.562. The summed E-state index contributed by atoms with van der Waals surface area (Å²) in [5, 5.41) is 12.5. The smallest absolute Gasteiger partial charge is 0.323 e. The number of ether oxygens (including phenoxy) is 1. The van der Waals surface area contributed by atoms with Crippen molar-refractivity contribution in [1.82, 2.24) is 20.3 Å². The van der Waals surface area contributed by atoms with Crippen molar-refractivity contribution in [2.45, 2.75) is 25.0 Å². The lowest BCUT2D eigenvalue weighted by Gasteiger charge is -2.38. The van der Waals surface area contributed by atoms with E-state index in [1.165, 1.54) is 13.3 Å². The molecule has 1 saturated carbocycles. The summed E-state index contributed by atoms with van der Waals surface area (Å²) in [6.07, 6.45) is 3.87.